The second-order valence-electron chi connectivity index (χ2n) is 4.75. The average Bonchev–Trinajstić information content (AvgIpc) is 2.90. The molecule has 0 aliphatic heterocycles. The number of carbonyl (C=O) groups excluding carboxylic acids is 1. The first-order valence-corrected chi connectivity index (χ1v) is 7.93. The normalized spacial score (nSPS) is 11.6. The van der Waals surface area contributed by atoms with Crippen LogP contribution in [-0.4, -0.2) is 11.6 Å². The molecule has 0 saturated carbocycles. The second kappa shape index (κ2) is 6.30. The van der Waals surface area contributed by atoms with Gasteiger partial charge < -0.3 is 0 Å². The number of fused-ring (bicyclic) bond motifs is 1. The molecule has 110 valence electrons. The van der Waals surface area contributed by atoms with Gasteiger partial charge in [0.1, 0.15) is 4.88 Å². The molecule has 3 aromatic rings. The highest BCUT2D eigenvalue weighted by Crippen LogP contribution is 2.34. The first-order valence-electron chi connectivity index (χ1n) is 6.74. The summed E-state index contributed by atoms with van der Waals surface area (Å²) in [6.45, 7) is 1.85. The molecule has 0 aliphatic carbocycles. The number of benzene rings is 2. The third-order valence-electron chi connectivity index (χ3n) is 3.26. The van der Waals surface area contributed by atoms with E-state index >= 15 is 0 Å². The molecular weight excluding hydrogens is 316 g/mol. The van der Waals surface area contributed by atoms with E-state index in [2.05, 4.69) is 10.5 Å². The maximum atomic E-state index is 12.3. The second-order valence-corrected chi connectivity index (χ2v) is 6.18. The van der Waals surface area contributed by atoms with Crippen molar-refractivity contribution in [3.63, 3.8) is 0 Å². The molecule has 0 bridgehead atoms. The van der Waals surface area contributed by atoms with Gasteiger partial charge in [-0.1, -0.05) is 60.1 Å². The summed E-state index contributed by atoms with van der Waals surface area (Å²) in [4.78, 5) is 12.8. The zero-order valence-corrected chi connectivity index (χ0v) is 13.4. The highest BCUT2D eigenvalue weighted by molar-refractivity contribution is 7.21. The Hall–Kier alpha value is -2.17. The summed E-state index contributed by atoms with van der Waals surface area (Å²) in [5.41, 5.74) is 4.28. The first kappa shape index (κ1) is 14.8. The van der Waals surface area contributed by atoms with Gasteiger partial charge in [0.2, 0.25) is 0 Å². The van der Waals surface area contributed by atoms with Gasteiger partial charge in [0, 0.05) is 10.1 Å². The van der Waals surface area contributed by atoms with Crippen LogP contribution in [0.3, 0.4) is 0 Å². The van der Waals surface area contributed by atoms with Gasteiger partial charge in [-0.3, -0.25) is 4.79 Å². The maximum absolute atomic E-state index is 12.3. The SMILES string of the molecule is CC(=NNC(=O)c1sc2ccccc2c1Cl)c1ccccc1. The van der Waals surface area contributed by atoms with Gasteiger partial charge in [-0.2, -0.15) is 5.10 Å². The van der Waals surface area contributed by atoms with Crippen molar-refractivity contribution in [2.24, 2.45) is 5.10 Å². The molecule has 3 nitrogen and oxygen atoms in total. The smallest absolute Gasteiger partial charge is 0.266 e. The van der Waals surface area contributed by atoms with Gasteiger partial charge in [-0.15, -0.1) is 11.3 Å². The summed E-state index contributed by atoms with van der Waals surface area (Å²) in [6.07, 6.45) is 0. The molecule has 0 atom stereocenters. The molecule has 22 heavy (non-hydrogen) atoms. The van der Waals surface area contributed by atoms with Crippen molar-refractivity contribution in [1.29, 1.82) is 0 Å². The summed E-state index contributed by atoms with van der Waals surface area (Å²) >= 11 is 7.65. The van der Waals surface area contributed by atoms with Crippen molar-refractivity contribution < 1.29 is 4.79 Å². The fourth-order valence-electron chi connectivity index (χ4n) is 2.09. The lowest BCUT2D eigenvalue weighted by Gasteiger charge is -2.01. The zero-order chi connectivity index (χ0) is 15.5. The molecule has 0 radical (unpaired) electrons. The van der Waals surface area contributed by atoms with Crippen molar-refractivity contribution in [3.8, 4) is 0 Å². The van der Waals surface area contributed by atoms with E-state index in [0.29, 0.717) is 9.90 Å². The van der Waals surface area contributed by atoms with Crippen molar-refractivity contribution in [1.82, 2.24) is 5.43 Å². The number of thiophene rings is 1. The van der Waals surface area contributed by atoms with Crippen LogP contribution in [0.25, 0.3) is 10.1 Å². The number of carbonyl (C=O) groups is 1. The lowest BCUT2D eigenvalue weighted by Crippen LogP contribution is -2.18. The van der Waals surface area contributed by atoms with Crippen LogP contribution in [-0.2, 0) is 0 Å². The predicted octanol–water partition coefficient (Wildman–Crippen LogP) is 4.71. The molecule has 1 N–H and O–H groups in total. The zero-order valence-electron chi connectivity index (χ0n) is 11.8. The van der Waals surface area contributed by atoms with Crippen LogP contribution in [0.4, 0.5) is 0 Å². The Morgan fingerprint density at radius 3 is 2.50 bits per heavy atom. The Morgan fingerprint density at radius 2 is 1.77 bits per heavy atom. The van der Waals surface area contributed by atoms with Gasteiger partial charge in [-0.25, -0.2) is 5.43 Å². The lowest BCUT2D eigenvalue weighted by atomic mass is 10.1. The van der Waals surface area contributed by atoms with E-state index in [9.17, 15) is 4.79 Å². The van der Waals surface area contributed by atoms with Crippen LogP contribution < -0.4 is 5.43 Å². The van der Waals surface area contributed by atoms with E-state index in [1.54, 1.807) is 0 Å². The highest BCUT2D eigenvalue weighted by atomic mass is 35.5. The molecule has 1 aromatic heterocycles. The monoisotopic (exact) mass is 328 g/mol. The highest BCUT2D eigenvalue weighted by Gasteiger charge is 2.16. The summed E-state index contributed by atoms with van der Waals surface area (Å²) < 4.78 is 0.987. The minimum absolute atomic E-state index is 0.290. The van der Waals surface area contributed by atoms with Crippen LogP contribution in [0.5, 0.6) is 0 Å². The van der Waals surface area contributed by atoms with Crippen molar-refractivity contribution in [2.75, 3.05) is 0 Å². The molecule has 0 fully saturated rings. The minimum Gasteiger partial charge on any atom is -0.266 e. The molecule has 2 aromatic carbocycles. The number of halogens is 1. The van der Waals surface area contributed by atoms with Crippen molar-refractivity contribution >= 4 is 44.6 Å². The lowest BCUT2D eigenvalue weighted by molar-refractivity contribution is 0.0959. The van der Waals surface area contributed by atoms with E-state index in [1.165, 1.54) is 11.3 Å². The van der Waals surface area contributed by atoms with Crippen LogP contribution in [0.1, 0.15) is 22.2 Å². The van der Waals surface area contributed by atoms with Crippen molar-refractivity contribution in [2.45, 2.75) is 6.92 Å². The van der Waals surface area contributed by atoms with Gasteiger partial charge in [-0.05, 0) is 18.6 Å². The van der Waals surface area contributed by atoms with Crippen LogP contribution in [0, 0.1) is 0 Å². The Labute approximate surface area is 137 Å². The summed E-state index contributed by atoms with van der Waals surface area (Å²) in [7, 11) is 0. The quantitative estimate of drug-likeness (QED) is 0.549. The predicted molar refractivity (Wildman–Crippen MR) is 93.0 cm³/mol. The van der Waals surface area contributed by atoms with Gasteiger partial charge in [0.05, 0.1) is 10.7 Å². The molecule has 0 aliphatic rings. The molecule has 5 heteroatoms. The summed E-state index contributed by atoms with van der Waals surface area (Å²) in [5, 5.41) is 5.52. The Balaban J connectivity index is 1.83. The number of hydrogen-bond donors (Lipinski definition) is 1. The Bertz CT molecular complexity index is 855. The number of hydrogen-bond acceptors (Lipinski definition) is 3. The van der Waals surface area contributed by atoms with E-state index in [-0.39, 0.29) is 5.91 Å². The molecular formula is C17H13ClN2OS. The third kappa shape index (κ3) is 2.89. The Kier molecular flexibility index (Phi) is 4.22. The fraction of sp³-hybridized carbons (Fsp3) is 0.0588. The number of nitrogens with zero attached hydrogens (tertiary/aromatic N) is 1. The first-order chi connectivity index (χ1) is 10.7. The van der Waals surface area contributed by atoms with E-state index < -0.39 is 0 Å². The van der Waals surface area contributed by atoms with E-state index in [1.807, 2.05) is 61.5 Å². The number of hydrazone groups is 1. The third-order valence-corrected chi connectivity index (χ3v) is 4.93. The largest absolute Gasteiger partial charge is 0.283 e. The minimum atomic E-state index is -0.290. The van der Waals surface area contributed by atoms with Crippen LogP contribution >= 0.6 is 22.9 Å². The summed E-state index contributed by atoms with van der Waals surface area (Å²) in [5.74, 6) is -0.290. The van der Waals surface area contributed by atoms with Crippen LogP contribution in [0.2, 0.25) is 5.02 Å². The standard InChI is InChI=1S/C17H13ClN2OS/c1-11(12-7-3-2-4-8-12)19-20-17(21)16-15(18)13-9-5-6-10-14(13)22-16/h2-10H,1H3,(H,20,21). The molecule has 0 unspecified atom stereocenters. The average molecular weight is 329 g/mol. The van der Waals surface area contributed by atoms with Gasteiger partial charge >= 0.3 is 0 Å². The molecule has 1 amide bonds. The molecule has 0 saturated heterocycles. The number of amides is 1. The van der Waals surface area contributed by atoms with Crippen molar-refractivity contribution in [3.05, 3.63) is 70.1 Å². The molecule has 1 heterocycles. The fourth-order valence-corrected chi connectivity index (χ4v) is 3.50. The van der Waals surface area contributed by atoms with E-state index in [4.69, 9.17) is 11.6 Å². The number of rotatable bonds is 3. The number of nitrogens with one attached hydrogen (secondary N) is 1. The van der Waals surface area contributed by atoms with Crippen LogP contribution in [0.15, 0.2) is 59.7 Å². The maximum Gasteiger partial charge on any atom is 0.283 e. The van der Waals surface area contributed by atoms with Gasteiger partial charge in [0.15, 0.2) is 0 Å². The van der Waals surface area contributed by atoms with E-state index in [0.717, 1.165) is 21.4 Å². The molecule has 3 rings (SSSR count). The van der Waals surface area contributed by atoms with Gasteiger partial charge in [0.25, 0.3) is 5.91 Å². The molecule has 0 spiro atoms. The Morgan fingerprint density at radius 1 is 1.09 bits per heavy atom. The summed E-state index contributed by atoms with van der Waals surface area (Å²) in [6, 6.07) is 17.4. The topological polar surface area (TPSA) is 41.5 Å².